The maximum Gasteiger partial charge on any atom is 0.0951 e. The number of benzene rings is 1. The van der Waals surface area contributed by atoms with E-state index in [1.807, 2.05) is 19.4 Å². The van der Waals surface area contributed by atoms with Gasteiger partial charge in [0.05, 0.1) is 6.10 Å². The lowest BCUT2D eigenvalue weighted by Crippen LogP contribution is -2.20. The zero-order valence-electron chi connectivity index (χ0n) is 11.8. The monoisotopic (exact) mass is 268 g/mol. The second kappa shape index (κ2) is 6.16. The molecule has 0 saturated carbocycles. The van der Waals surface area contributed by atoms with Crippen LogP contribution in [-0.2, 0) is 11.2 Å². The lowest BCUT2D eigenvalue weighted by Gasteiger charge is -2.19. The summed E-state index contributed by atoms with van der Waals surface area (Å²) in [6, 6.07) is 10.7. The normalized spacial score (nSPS) is 18.4. The maximum atomic E-state index is 5.99. The highest BCUT2D eigenvalue weighted by Crippen LogP contribution is 2.33. The van der Waals surface area contributed by atoms with Crippen molar-refractivity contribution < 1.29 is 4.74 Å². The number of fused-ring (bicyclic) bond motifs is 1. The number of nitrogens with one attached hydrogen (secondary N) is 1. The molecule has 3 heteroatoms. The van der Waals surface area contributed by atoms with Crippen molar-refractivity contribution in [1.29, 1.82) is 0 Å². The molecule has 0 spiro atoms. The molecule has 1 atom stereocenters. The lowest BCUT2D eigenvalue weighted by molar-refractivity contribution is 0.0579. The molecule has 20 heavy (non-hydrogen) atoms. The molecule has 104 valence electrons. The highest BCUT2D eigenvalue weighted by atomic mass is 16.5. The maximum absolute atomic E-state index is 5.99. The van der Waals surface area contributed by atoms with E-state index in [4.69, 9.17) is 4.74 Å². The van der Waals surface area contributed by atoms with E-state index >= 15 is 0 Å². The molecular weight excluding hydrogens is 248 g/mol. The Morgan fingerprint density at radius 1 is 1.25 bits per heavy atom. The first-order chi connectivity index (χ1) is 9.90. The molecule has 0 bridgehead atoms. The van der Waals surface area contributed by atoms with E-state index in [1.165, 1.54) is 22.3 Å². The third-order valence-electron chi connectivity index (χ3n) is 3.83. The third-order valence-corrected chi connectivity index (χ3v) is 3.83. The van der Waals surface area contributed by atoms with Crippen LogP contribution in [0.1, 0.15) is 23.7 Å². The summed E-state index contributed by atoms with van der Waals surface area (Å²) < 4.78 is 5.99. The van der Waals surface area contributed by atoms with Gasteiger partial charge in [-0.1, -0.05) is 18.2 Å². The molecule has 0 radical (unpaired) electrons. The van der Waals surface area contributed by atoms with Crippen molar-refractivity contribution in [3.8, 4) is 11.1 Å². The van der Waals surface area contributed by atoms with Crippen molar-refractivity contribution in [3.05, 3.63) is 53.9 Å². The average Bonchev–Trinajstić information content (AvgIpc) is 2.71. The predicted octanol–water partition coefficient (Wildman–Crippen LogP) is 2.97. The molecule has 3 nitrogen and oxygen atoms in total. The fourth-order valence-electron chi connectivity index (χ4n) is 2.91. The van der Waals surface area contributed by atoms with E-state index < -0.39 is 0 Å². The largest absolute Gasteiger partial charge is 0.372 e. The van der Waals surface area contributed by atoms with Crippen LogP contribution in [0.4, 0.5) is 0 Å². The van der Waals surface area contributed by atoms with Crippen LogP contribution in [0, 0.1) is 0 Å². The van der Waals surface area contributed by atoms with Gasteiger partial charge in [0, 0.05) is 25.5 Å². The van der Waals surface area contributed by atoms with Crippen molar-refractivity contribution in [2.75, 3.05) is 20.2 Å². The molecule has 2 heterocycles. The number of ether oxygens (including phenoxy) is 1. The first-order valence-corrected chi connectivity index (χ1v) is 7.18. The van der Waals surface area contributed by atoms with Gasteiger partial charge in [-0.15, -0.1) is 0 Å². The zero-order chi connectivity index (χ0) is 13.8. The van der Waals surface area contributed by atoms with Crippen LogP contribution in [0.2, 0.25) is 0 Å². The minimum Gasteiger partial charge on any atom is -0.372 e. The van der Waals surface area contributed by atoms with Crippen molar-refractivity contribution >= 4 is 0 Å². The molecule has 1 aromatic heterocycles. The molecule has 0 aliphatic carbocycles. The fourth-order valence-corrected chi connectivity index (χ4v) is 2.91. The molecule has 0 saturated heterocycles. The number of likely N-dealkylation sites (N-methyl/N-ethyl adjacent to an activating group) is 1. The molecule has 0 unspecified atom stereocenters. The zero-order valence-corrected chi connectivity index (χ0v) is 11.8. The van der Waals surface area contributed by atoms with Gasteiger partial charge in [-0.3, -0.25) is 4.98 Å². The third kappa shape index (κ3) is 2.60. The highest BCUT2D eigenvalue weighted by Gasteiger charge is 2.21. The number of hydrogen-bond donors (Lipinski definition) is 1. The van der Waals surface area contributed by atoms with Gasteiger partial charge in [0.15, 0.2) is 0 Å². The van der Waals surface area contributed by atoms with Crippen LogP contribution in [0.15, 0.2) is 42.7 Å². The van der Waals surface area contributed by atoms with Crippen LogP contribution in [0.3, 0.4) is 0 Å². The Hall–Kier alpha value is -1.71. The van der Waals surface area contributed by atoms with Crippen LogP contribution in [-0.4, -0.2) is 25.2 Å². The van der Waals surface area contributed by atoms with Gasteiger partial charge in [-0.25, -0.2) is 0 Å². The Morgan fingerprint density at radius 2 is 2.10 bits per heavy atom. The second-order valence-electron chi connectivity index (χ2n) is 5.13. The van der Waals surface area contributed by atoms with Crippen LogP contribution in [0.25, 0.3) is 11.1 Å². The average molecular weight is 268 g/mol. The number of aromatic nitrogens is 1. The summed E-state index contributed by atoms with van der Waals surface area (Å²) in [6.45, 7) is 1.68. The SMILES string of the molecule is CNC[C@H]1OCCCc2c(-c3ccncc3)cccc21. The van der Waals surface area contributed by atoms with E-state index in [-0.39, 0.29) is 6.10 Å². The topological polar surface area (TPSA) is 34.1 Å². The predicted molar refractivity (Wildman–Crippen MR) is 80.6 cm³/mol. The van der Waals surface area contributed by atoms with Crippen molar-refractivity contribution in [2.45, 2.75) is 18.9 Å². The van der Waals surface area contributed by atoms with Gasteiger partial charge in [-0.2, -0.15) is 0 Å². The Kier molecular flexibility index (Phi) is 4.09. The first kappa shape index (κ1) is 13.3. The summed E-state index contributed by atoms with van der Waals surface area (Å²) in [5.41, 5.74) is 5.31. The Bertz CT molecular complexity index is 568. The van der Waals surface area contributed by atoms with E-state index in [0.29, 0.717) is 0 Å². The molecule has 0 amide bonds. The van der Waals surface area contributed by atoms with E-state index in [0.717, 1.165) is 26.0 Å². The Balaban J connectivity index is 2.08. The Labute approximate surface area is 120 Å². The summed E-state index contributed by atoms with van der Waals surface area (Å²) >= 11 is 0. The van der Waals surface area contributed by atoms with Gasteiger partial charge in [0.2, 0.25) is 0 Å². The molecule has 2 aromatic rings. The quantitative estimate of drug-likeness (QED) is 0.929. The molecule has 1 N–H and O–H groups in total. The van der Waals surface area contributed by atoms with Gasteiger partial charge >= 0.3 is 0 Å². The van der Waals surface area contributed by atoms with Gasteiger partial charge in [0.1, 0.15) is 0 Å². The number of pyridine rings is 1. The standard InChI is InChI=1S/C17H20N2O/c1-18-12-17-16-5-2-4-14(13-7-9-19-10-8-13)15(16)6-3-11-20-17/h2,4-5,7-10,17-18H,3,6,11-12H2,1H3/t17-/m1/s1. The fraction of sp³-hybridized carbons (Fsp3) is 0.353. The summed E-state index contributed by atoms with van der Waals surface area (Å²) in [5, 5.41) is 3.23. The smallest absolute Gasteiger partial charge is 0.0951 e. The van der Waals surface area contributed by atoms with Crippen molar-refractivity contribution in [1.82, 2.24) is 10.3 Å². The highest BCUT2D eigenvalue weighted by molar-refractivity contribution is 5.68. The summed E-state index contributed by atoms with van der Waals surface area (Å²) in [5.74, 6) is 0. The first-order valence-electron chi connectivity index (χ1n) is 7.18. The molecule has 1 aromatic carbocycles. The van der Waals surface area contributed by atoms with E-state index in [9.17, 15) is 0 Å². The second-order valence-corrected chi connectivity index (χ2v) is 5.13. The van der Waals surface area contributed by atoms with E-state index in [1.54, 1.807) is 0 Å². The molecule has 3 rings (SSSR count). The minimum atomic E-state index is 0.152. The van der Waals surface area contributed by atoms with Gasteiger partial charge < -0.3 is 10.1 Å². The number of hydrogen-bond acceptors (Lipinski definition) is 3. The summed E-state index contributed by atoms with van der Waals surface area (Å²) in [4.78, 5) is 4.11. The summed E-state index contributed by atoms with van der Waals surface area (Å²) in [6.07, 6.45) is 6.02. The number of rotatable bonds is 3. The van der Waals surface area contributed by atoms with E-state index in [2.05, 4.69) is 40.6 Å². The van der Waals surface area contributed by atoms with Crippen molar-refractivity contribution in [2.24, 2.45) is 0 Å². The molecule has 1 aliphatic rings. The van der Waals surface area contributed by atoms with Crippen LogP contribution in [0.5, 0.6) is 0 Å². The van der Waals surface area contributed by atoms with Gasteiger partial charge in [0.25, 0.3) is 0 Å². The minimum absolute atomic E-state index is 0.152. The molecule has 0 fully saturated rings. The Morgan fingerprint density at radius 3 is 2.90 bits per heavy atom. The molecule has 1 aliphatic heterocycles. The molecular formula is C17H20N2O. The number of nitrogens with zero attached hydrogens (tertiary/aromatic N) is 1. The van der Waals surface area contributed by atoms with Crippen LogP contribution >= 0.6 is 0 Å². The lowest BCUT2D eigenvalue weighted by atomic mass is 9.91. The summed E-state index contributed by atoms with van der Waals surface area (Å²) in [7, 11) is 1.97. The van der Waals surface area contributed by atoms with Gasteiger partial charge in [-0.05, 0) is 54.3 Å². The van der Waals surface area contributed by atoms with Crippen molar-refractivity contribution in [3.63, 3.8) is 0 Å². The van der Waals surface area contributed by atoms with Crippen LogP contribution < -0.4 is 5.32 Å².